The number of para-hydroxylation sites is 1. The minimum Gasteiger partial charge on any atom is -0.493 e. The second kappa shape index (κ2) is 5.35. The molecule has 1 N–H and O–H groups in total. The van der Waals surface area contributed by atoms with E-state index in [4.69, 9.17) is 4.74 Å². The summed E-state index contributed by atoms with van der Waals surface area (Å²) in [6.45, 7) is 7.50. The molecular weight excluding hydrogens is 198 g/mol. The summed E-state index contributed by atoms with van der Waals surface area (Å²) in [4.78, 5) is 0. The first-order valence-electron chi connectivity index (χ1n) is 6.20. The third-order valence-electron chi connectivity index (χ3n) is 3.18. The highest BCUT2D eigenvalue weighted by Gasteiger charge is 2.16. The molecule has 1 fully saturated rings. The van der Waals surface area contributed by atoms with E-state index < -0.39 is 0 Å². The van der Waals surface area contributed by atoms with Crippen LogP contribution in [-0.4, -0.2) is 19.7 Å². The van der Waals surface area contributed by atoms with E-state index in [1.54, 1.807) is 0 Å². The number of nitrogens with one attached hydrogen (secondary N) is 1. The first kappa shape index (κ1) is 11.5. The number of hydrogen-bond acceptors (Lipinski definition) is 2. The molecular formula is C14H21NO. The minimum absolute atomic E-state index is 0.526. The van der Waals surface area contributed by atoms with Gasteiger partial charge in [0.05, 0.1) is 6.61 Å². The Bertz CT molecular complexity index is 329. The highest BCUT2D eigenvalue weighted by atomic mass is 16.5. The molecule has 0 saturated carbocycles. The number of hydrogen-bond donors (Lipinski definition) is 1. The van der Waals surface area contributed by atoms with E-state index in [0.717, 1.165) is 25.4 Å². The van der Waals surface area contributed by atoms with Crippen molar-refractivity contribution < 1.29 is 4.74 Å². The fraction of sp³-hybridized carbons (Fsp3) is 0.571. The molecule has 2 nitrogen and oxygen atoms in total. The lowest BCUT2D eigenvalue weighted by Crippen LogP contribution is -2.16. The van der Waals surface area contributed by atoms with Crippen LogP contribution in [0.4, 0.5) is 0 Å². The summed E-state index contributed by atoms with van der Waals surface area (Å²) in [6, 6.07) is 8.37. The van der Waals surface area contributed by atoms with Gasteiger partial charge in [-0.25, -0.2) is 0 Å². The summed E-state index contributed by atoms with van der Waals surface area (Å²) in [7, 11) is 0. The quantitative estimate of drug-likeness (QED) is 0.840. The Kier molecular flexibility index (Phi) is 3.83. The van der Waals surface area contributed by atoms with E-state index in [-0.39, 0.29) is 0 Å². The van der Waals surface area contributed by atoms with Crippen LogP contribution in [0, 0.1) is 5.92 Å². The summed E-state index contributed by atoms with van der Waals surface area (Å²) in [5.41, 5.74) is 1.31. The van der Waals surface area contributed by atoms with Crippen LogP contribution in [0.3, 0.4) is 0 Å². The zero-order valence-corrected chi connectivity index (χ0v) is 10.2. The molecule has 16 heavy (non-hydrogen) atoms. The van der Waals surface area contributed by atoms with Gasteiger partial charge in [0.1, 0.15) is 5.75 Å². The maximum atomic E-state index is 5.94. The van der Waals surface area contributed by atoms with Gasteiger partial charge in [-0.2, -0.15) is 0 Å². The highest BCUT2D eigenvalue weighted by molar-refractivity contribution is 5.35. The fourth-order valence-corrected chi connectivity index (χ4v) is 2.15. The largest absolute Gasteiger partial charge is 0.493 e. The van der Waals surface area contributed by atoms with E-state index in [9.17, 15) is 0 Å². The molecule has 2 rings (SSSR count). The standard InChI is InChI=1S/C14H21NO/c1-11(2)13-5-3-4-6-14(13)16-10-12-7-8-15-9-12/h3-6,11-12,15H,7-10H2,1-2H3/t12-/m0/s1. The summed E-state index contributed by atoms with van der Waals surface area (Å²) in [6.07, 6.45) is 1.24. The van der Waals surface area contributed by atoms with Crippen molar-refractivity contribution in [3.8, 4) is 5.75 Å². The first-order chi connectivity index (χ1) is 7.77. The smallest absolute Gasteiger partial charge is 0.122 e. The van der Waals surface area contributed by atoms with Crippen molar-refractivity contribution >= 4 is 0 Å². The van der Waals surface area contributed by atoms with Crippen molar-refractivity contribution in [1.82, 2.24) is 5.32 Å². The lowest BCUT2D eigenvalue weighted by atomic mass is 10.0. The second-order valence-electron chi connectivity index (χ2n) is 4.86. The topological polar surface area (TPSA) is 21.3 Å². The van der Waals surface area contributed by atoms with Gasteiger partial charge in [0.25, 0.3) is 0 Å². The summed E-state index contributed by atoms with van der Waals surface area (Å²) in [5, 5.41) is 3.37. The van der Waals surface area contributed by atoms with Gasteiger partial charge in [0, 0.05) is 12.5 Å². The van der Waals surface area contributed by atoms with Crippen LogP contribution in [0.5, 0.6) is 5.75 Å². The lowest BCUT2D eigenvalue weighted by Gasteiger charge is -2.16. The number of ether oxygens (including phenoxy) is 1. The van der Waals surface area contributed by atoms with Crippen molar-refractivity contribution in [3.63, 3.8) is 0 Å². The van der Waals surface area contributed by atoms with E-state index in [0.29, 0.717) is 11.8 Å². The summed E-state index contributed by atoms with van der Waals surface area (Å²) in [5.74, 6) is 2.27. The van der Waals surface area contributed by atoms with Crippen molar-refractivity contribution in [2.24, 2.45) is 5.92 Å². The van der Waals surface area contributed by atoms with Crippen molar-refractivity contribution in [3.05, 3.63) is 29.8 Å². The molecule has 1 atom stereocenters. The molecule has 0 amide bonds. The zero-order chi connectivity index (χ0) is 11.4. The Labute approximate surface area is 98.0 Å². The van der Waals surface area contributed by atoms with Gasteiger partial charge < -0.3 is 10.1 Å². The number of rotatable bonds is 4. The normalized spacial score (nSPS) is 20.3. The lowest BCUT2D eigenvalue weighted by molar-refractivity contribution is 0.257. The molecule has 1 saturated heterocycles. The minimum atomic E-state index is 0.526. The first-order valence-corrected chi connectivity index (χ1v) is 6.20. The molecule has 0 radical (unpaired) electrons. The molecule has 0 bridgehead atoms. The predicted octanol–water partition coefficient (Wildman–Crippen LogP) is 2.80. The van der Waals surface area contributed by atoms with Crippen molar-refractivity contribution in [1.29, 1.82) is 0 Å². The molecule has 1 aliphatic heterocycles. The van der Waals surface area contributed by atoms with Crippen LogP contribution in [-0.2, 0) is 0 Å². The van der Waals surface area contributed by atoms with Crippen molar-refractivity contribution in [2.75, 3.05) is 19.7 Å². The molecule has 1 aromatic carbocycles. The van der Waals surface area contributed by atoms with E-state index in [2.05, 4.69) is 37.4 Å². The summed E-state index contributed by atoms with van der Waals surface area (Å²) >= 11 is 0. The van der Waals surface area contributed by atoms with E-state index in [1.807, 2.05) is 6.07 Å². The Morgan fingerprint density at radius 1 is 1.38 bits per heavy atom. The average molecular weight is 219 g/mol. The van der Waals surface area contributed by atoms with Gasteiger partial charge in [-0.05, 0) is 30.5 Å². The van der Waals surface area contributed by atoms with Crippen LogP contribution in [0.2, 0.25) is 0 Å². The van der Waals surface area contributed by atoms with E-state index in [1.165, 1.54) is 12.0 Å². The third kappa shape index (κ3) is 2.76. The van der Waals surface area contributed by atoms with Crippen LogP contribution < -0.4 is 10.1 Å². The van der Waals surface area contributed by atoms with Crippen LogP contribution in [0.15, 0.2) is 24.3 Å². The molecule has 0 aliphatic carbocycles. The van der Waals surface area contributed by atoms with Crippen LogP contribution in [0.1, 0.15) is 31.7 Å². The van der Waals surface area contributed by atoms with Gasteiger partial charge in [-0.15, -0.1) is 0 Å². The molecule has 1 aliphatic rings. The fourth-order valence-electron chi connectivity index (χ4n) is 2.15. The number of benzene rings is 1. The van der Waals surface area contributed by atoms with Gasteiger partial charge >= 0.3 is 0 Å². The predicted molar refractivity (Wildman–Crippen MR) is 67.0 cm³/mol. The maximum Gasteiger partial charge on any atom is 0.122 e. The average Bonchev–Trinajstić information content (AvgIpc) is 2.79. The van der Waals surface area contributed by atoms with Crippen molar-refractivity contribution in [2.45, 2.75) is 26.2 Å². The Balaban J connectivity index is 1.97. The molecule has 0 spiro atoms. The Morgan fingerprint density at radius 3 is 2.88 bits per heavy atom. The Hall–Kier alpha value is -1.02. The summed E-state index contributed by atoms with van der Waals surface area (Å²) < 4.78 is 5.94. The molecule has 2 heteroatoms. The monoisotopic (exact) mass is 219 g/mol. The molecule has 88 valence electrons. The third-order valence-corrected chi connectivity index (χ3v) is 3.18. The van der Waals surface area contributed by atoms with E-state index >= 15 is 0 Å². The highest BCUT2D eigenvalue weighted by Crippen LogP contribution is 2.26. The second-order valence-corrected chi connectivity index (χ2v) is 4.86. The van der Waals surface area contributed by atoms with Gasteiger partial charge in [0.2, 0.25) is 0 Å². The molecule has 1 aromatic rings. The maximum absolute atomic E-state index is 5.94. The molecule has 1 heterocycles. The van der Waals surface area contributed by atoms with Gasteiger partial charge in [-0.1, -0.05) is 32.0 Å². The van der Waals surface area contributed by atoms with Gasteiger partial charge in [-0.3, -0.25) is 0 Å². The molecule has 0 unspecified atom stereocenters. The zero-order valence-electron chi connectivity index (χ0n) is 10.2. The van der Waals surface area contributed by atoms with Crippen LogP contribution in [0.25, 0.3) is 0 Å². The van der Waals surface area contributed by atoms with Gasteiger partial charge in [0.15, 0.2) is 0 Å². The molecule has 0 aromatic heterocycles. The Morgan fingerprint density at radius 2 is 2.19 bits per heavy atom. The van der Waals surface area contributed by atoms with Crippen LogP contribution >= 0.6 is 0 Å². The SMILES string of the molecule is CC(C)c1ccccc1OC[C@H]1CCNC1.